The van der Waals surface area contributed by atoms with Crippen molar-refractivity contribution in [1.29, 1.82) is 0 Å². The number of aliphatic hydroxyl groups excluding tert-OH is 4. The summed E-state index contributed by atoms with van der Waals surface area (Å²) in [7, 11) is 0. The van der Waals surface area contributed by atoms with Crippen LogP contribution in [-0.2, 0) is 0 Å². The number of aliphatic hydroxyl groups is 4. The van der Waals surface area contributed by atoms with Gasteiger partial charge in [0, 0.05) is 52.6 Å². The van der Waals surface area contributed by atoms with Crippen LogP contribution in [0.4, 0.5) is 4.79 Å². The van der Waals surface area contributed by atoms with Gasteiger partial charge in [-0.25, -0.2) is 4.79 Å². The van der Waals surface area contributed by atoms with Gasteiger partial charge in [-0.2, -0.15) is 0 Å². The van der Waals surface area contributed by atoms with Gasteiger partial charge in [-0.1, -0.05) is 27.7 Å². The zero-order valence-electron chi connectivity index (χ0n) is 18.4. The van der Waals surface area contributed by atoms with E-state index in [1.54, 1.807) is 9.80 Å². The number of carbonyl (C=O) groups excluding carboxylic acids is 1. The summed E-state index contributed by atoms with van der Waals surface area (Å²) in [5.74, 6) is -0.0495. The molecule has 0 aliphatic rings. The second kappa shape index (κ2) is 16.0. The van der Waals surface area contributed by atoms with Gasteiger partial charge < -0.3 is 30.2 Å². The van der Waals surface area contributed by atoms with Crippen molar-refractivity contribution < 1.29 is 25.2 Å². The minimum absolute atomic E-state index is 0.0124. The molecule has 4 N–H and O–H groups in total. The Morgan fingerprint density at radius 1 is 0.571 bits per heavy atom. The van der Waals surface area contributed by atoms with Gasteiger partial charge in [0.1, 0.15) is 0 Å². The van der Waals surface area contributed by atoms with Gasteiger partial charge in [0.2, 0.25) is 0 Å². The molecular formula is C21H44N2O5. The molecule has 7 nitrogen and oxygen atoms in total. The van der Waals surface area contributed by atoms with Crippen LogP contribution in [0.1, 0.15) is 53.4 Å². The van der Waals surface area contributed by atoms with E-state index < -0.39 is 0 Å². The molecule has 0 spiro atoms. The Morgan fingerprint density at radius 2 is 0.786 bits per heavy atom. The lowest BCUT2D eigenvalue weighted by Gasteiger charge is -2.37. The van der Waals surface area contributed by atoms with Crippen molar-refractivity contribution in [2.75, 3.05) is 52.6 Å². The Balaban J connectivity index is 5.58. The summed E-state index contributed by atoms with van der Waals surface area (Å²) < 4.78 is 0. The van der Waals surface area contributed by atoms with Crippen molar-refractivity contribution in [3.63, 3.8) is 0 Å². The molecule has 0 aliphatic carbocycles. The molecule has 0 aromatic heterocycles. The zero-order chi connectivity index (χ0) is 21.5. The summed E-state index contributed by atoms with van der Waals surface area (Å²) in [6.45, 7) is 9.74. The first-order chi connectivity index (χ1) is 13.4. The Morgan fingerprint density at radius 3 is 0.929 bits per heavy atom. The molecule has 28 heavy (non-hydrogen) atoms. The summed E-state index contributed by atoms with van der Waals surface area (Å²) >= 11 is 0. The Labute approximate surface area is 171 Å². The number of amides is 2. The van der Waals surface area contributed by atoms with Crippen molar-refractivity contribution in [2.24, 2.45) is 23.7 Å². The molecule has 2 amide bonds. The predicted octanol–water partition coefficient (Wildman–Crippen LogP) is 1.78. The van der Waals surface area contributed by atoms with Crippen LogP contribution in [0.2, 0.25) is 0 Å². The molecule has 0 heterocycles. The molecule has 0 radical (unpaired) electrons. The van der Waals surface area contributed by atoms with Crippen LogP contribution >= 0.6 is 0 Å². The normalized spacial score (nSPS) is 15.7. The lowest BCUT2D eigenvalue weighted by Crippen LogP contribution is -2.50. The topological polar surface area (TPSA) is 104 Å². The Bertz CT molecular complexity index is 319. The van der Waals surface area contributed by atoms with Gasteiger partial charge in [-0.3, -0.25) is 0 Å². The lowest BCUT2D eigenvalue weighted by atomic mass is 10.0. The number of hydrogen-bond acceptors (Lipinski definition) is 5. The average molecular weight is 405 g/mol. The van der Waals surface area contributed by atoms with Crippen LogP contribution in [0, 0.1) is 23.7 Å². The highest BCUT2D eigenvalue weighted by Gasteiger charge is 2.28. The fourth-order valence-electron chi connectivity index (χ4n) is 3.17. The van der Waals surface area contributed by atoms with Crippen molar-refractivity contribution >= 4 is 6.03 Å². The number of rotatable bonds is 16. The van der Waals surface area contributed by atoms with E-state index in [1.165, 1.54) is 0 Å². The monoisotopic (exact) mass is 404 g/mol. The molecular weight excluding hydrogens is 360 g/mol. The van der Waals surface area contributed by atoms with Gasteiger partial charge in [-0.05, 0) is 49.4 Å². The van der Waals surface area contributed by atoms with E-state index in [0.29, 0.717) is 26.2 Å². The van der Waals surface area contributed by atoms with Gasteiger partial charge in [0.15, 0.2) is 0 Å². The van der Waals surface area contributed by atoms with Gasteiger partial charge in [-0.15, -0.1) is 0 Å². The number of urea groups is 1. The smallest absolute Gasteiger partial charge is 0.320 e. The summed E-state index contributed by atoms with van der Waals surface area (Å²) in [4.78, 5) is 16.9. The van der Waals surface area contributed by atoms with E-state index in [2.05, 4.69) is 0 Å². The van der Waals surface area contributed by atoms with E-state index in [4.69, 9.17) is 0 Å². The maximum Gasteiger partial charge on any atom is 0.320 e. The quantitative estimate of drug-likeness (QED) is 0.314. The molecule has 0 saturated heterocycles. The molecule has 0 fully saturated rings. The minimum atomic E-state index is -0.141. The summed E-state index contributed by atoms with van der Waals surface area (Å²) in [5.41, 5.74) is 0. The molecule has 0 aromatic carbocycles. The van der Waals surface area contributed by atoms with Crippen LogP contribution in [0.25, 0.3) is 0 Å². The zero-order valence-corrected chi connectivity index (χ0v) is 18.4. The van der Waals surface area contributed by atoms with Crippen molar-refractivity contribution in [2.45, 2.75) is 53.4 Å². The highest BCUT2D eigenvalue weighted by atomic mass is 16.3. The summed E-state index contributed by atoms with van der Waals surface area (Å²) in [6, 6.07) is -0.141. The molecule has 168 valence electrons. The van der Waals surface area contributed by atoms with Crippen LogP contribution in [0.15, 0.2) is 0 Å². The first kappa shape index (κ1) is 27.1. The van der Waals surface area contributed by atoms with Crippen LogP contribution < -0.4 is 0 Å². The van der Waals surface area contributed by atoms with Crippen molar-refractivity contribution in [3.8, 4) is 0 Å². The maximum atomic E-state index is 13.4. The Hall–Kier alpha value is -0.890. The molecule has 0 bridgehead atoms. The van der Waals surface area contributed by atoms with Gasteiger partial charge >= 0.3 is 6.03 Å². The number of nitrogens with zero attached hydrogens (tertiary/aromatic N) is 2. The van der Waals surface area contributed by atoms with E-state index >= 15 is 0 Å². The lowest BCUT2D eigenvalue weighted by molar-refractivity contribution is 0.0866. The molecule has 0 saturated carbocycles. The fraction of sp³-hybridized carbons (Fsp3) is 0.952. The molecule has 0 aliphatic heterocycles. The molecule has 0 aromatic rings. The van der Waals surface area contributed by atoms with E-state index in [0.717, 1.165) is 25.7 Å². The van der Waals surface area contributed by atoms with E-state index in [9.17, 15) is 25.2 Å². The fourth-order valence-corrected chi connectivity index (χ4v) is 3.17. The highest BCUT2D eigenvalue weighted by Crippen LogP contribution is 2.17. The SMILES string of the molecule is CCC(CO)CN(CC(CC)CO)C(=O)N(CC(CC)CO)CC(CC)CO. The minimum Gasteiger partial charge on any atom is -0.396 e. The summed E-state index contributed by atoms with van der Waals surface area (Å²) in [6.07, 6.45) is 3.05. The summed E-state index contributed by atoms with van der Waals surface area (Å²) in [5, 5.41) is 38.5. The number of carbonyl (C=O) groups is 1. The first-order valence-corrected chi connectivity index (χ1v) is 10.9. The van der Waals surface area contributed by atoms with Crippen LogP contribution in [-0.4, -0.2) is 88.9 Å². The highest BCUT2D eigenvalue weighted by molar-refractivity contribution is 5.74. The van der Waals surface area contributed by atoms with E-state index in [1.807, 2.05) is 27.7 Å². The van der Waals surface area contributed by atoms with Crippen molar-refractivity contribution in [1.82, 2.24) is 9.80 Å². The first-order valence-electron chi connectivity index (χ1n) is 10.9. The van der Waals surface area contributed by atoms with Crippen molar-refractivity contribution in [3.05, 3.63) is 0 Å². The van der Waals surface area contributed by atoms with Crippen LogP contribution in [0.5, 0.6) is 0 Å². The maximum absolute atomic E-state index is 13.4. The molecule has 4 atom stereocenters. The third-order valence-corrected chi connectivity index (χ3v) is 5.80. The third-order valence-electron chi connectivity index (χ3n) is 5.80. The predicted molar refractivity (Wildman–Crippen MR) is 112 cm³/mol. The Kier molecular flexibility index (Phi) is 15.5. The molecule has 4 unspecified atom stereocenters. The second-order valence-electron chi connectivity index (χ2n) is 7.92. The molecule has 0 rings (SSSR count). The van der Waals surface area contributed by atoms with Gasteiger partial charge in [0.25, 0.3) is 0 Å². The van der Waals surface area contributed by atoms with Gasteiger partial charge in [0.05, 0.1) is 0 Å². The average Bonchev–Trinajstić information content (AvgIpc) is 2.74. The van der Waals surface area contributed by atoms with Crippen LogP contribution in [0.3, 0.4) is 0 Å². The number of hydrogen-bond donors (Lipinski definition) is 4. The largest absolute Gasteiger partial charge is 0.396 e. The third kappa shape index (κ3) is 9.54. The standard InChI is InChI=1S/C21H44N2O5/c1-5-17(13-24)9-22(10-18(6-2)14-25)21(28)23(11-19(7-3)15-26)12-20(8-4)16-27/h17-20,24-27H,5-16H2,1-4H3. The second-order valence-corrected chi connectivity index (χ2v) is 7.92. The molecule has 7 heteroatoms. The van der Waals surface area contributed by atoms with E-state index in [-0.39, 0.29) is 56.1 Å².